The number of aldehydes is 1. The van der Waals surface area contributed by atoms with Crippen LogP contribution in [0.1, 0.15) is 26.3 Å². The van der Waals surface area contributed by atoms with Crippen LogP contribution in [0.4, 0.5) is 4.79 Å². The van der Waals surface area contributed by atoms with E-state index in [-0.39, 0.29) is 25.8 Å². The van der Waals surface area contributed by atoms with Gasteiger partial charge in [-0.2, -0.15) is 0 Å². The first kappa shape index (κ1) is 20.2. The van der Waals surface area contributed by atoms with Crippen LogP contribution in [-0.4, -0.2) is 39.0 Å². The summed E-state index contributed by atoms with van der Waals surface area (Å²) in [6.45, 7) is 5.47. The van der Waals surface area contributed by atoms with Gasteiger partial charge in [0.05, 0.1) is 0 Å². The van der Waals surface area contributed by atoms with Gasteiger partial charge in [0.2, 0.25) is 0 Å². The van der Waals surface area contributed by atoms with Crippen LogP contribution in [0.5, 0.6) is 0 Å². The van der Waals surface area contributed by atoms with Crippen LogP contribution < -0.4 is 9.78 Å². The molecule has 0 bridgehead atoms. The SMILES string of the molecule is CC(C)(C)OC(=O)N[C@@H](Cc1ccccc1)[C@H](C=O)[Se]c1ccccc1. The number of hydrogen-bond donors (Lipinski definition) is 1. The van der Waals surface area contributed by atoms with Gasteiger partial charge in [-0.05, 0) is 0 Å². The average molecular weight is 418 g/mol. The van der Waals surface area contributed by atoms with Crippen LogP contribution in [0.2, 0.25) is 4.82 Å². The summed E-state index contributed by atoms with van der Waals surface area (Å²) in [6.07, 6.45) is 1.05. The van der Waals surface area contributed by atoms with Gasteiger partial charge in [-0.15, -0.1) is 0 Å². The van der Waals surface area contributed by atoms with Crippen molar-refractivity contribution >= 4 is 31.8 Å². The Bertz CT molecular complexity index is 698. The number of ether oxygens (including phenoxy) is 1. The minimum atomic E-state index is -0.581. The van der Waals surface area contributed by atoms with Crippen LogP contribution in [0, 0.1) is 0 Å². The maximum atomic E-state index is 12.3. The van der Waals surface area contributed by atoms with E-state index in [1.165, 1.54) is 0 Å². The van der Waals surface area contributed by atoms with Crippen molar-refractivity contribution < 1.29 is 14.3 Å². The number of amides is 1. The second-order valence-corrected chi connectivity index (χ2v) is 9.60. The third-order valence-corrected chi connectivity index (χ3v) is 6.18. The Morgan fingerprint density at radius 3 is 2.19 bits per heavy atom. The van der Waals surface area contributed by atoms with E-state index in [1.807, 2.05) is 81.4 Å². The molecule has 1 N–H and O–H groups in total. The summed E-state index contributed by atoms with van der Waals surface area (Å²) in [5.41, 5.74) is 0.493. The third-order valence-electron chi connectivity index (χ3n) is 3.55. The first-order valence-electron chi connectivity index (χ1n) is 8.58. The van der Waals surface area contributed by atoms with E-state index >= 15 is 0 Å². The Labute approximate surface area is 161 Å². The van der Waals surface area contributed by atoms with Crippen molar-refractivity contribution in [2.24, 2.45) is 0 Å². The number of alkyl carbamates (subject to hydrolysis) is 1. The number of rotatable bonds is 7. The average Bonchev–Trinajstić information content (AvgIpc) is 2.59. The summed E-state index contributed by atoms with van der Waals surface area (Å²) in [4.78, 5) is 23.8. The minimum absolute atomic E-state index is 0.0858. The molecule has 0 unspecified atom stereocenters. The topological polar surface area (TPSA) is 55.4 Å². The van der Waals surface area contributed by atoms with Gasteiger partial charge in [0.1, 0.15) is 0 Å². The van der Waals surface area contributed by atoms with Gasteiger partial charge in [0, 0.05) is 0 Å². The van der Waals surface area contributed by atoms with Crippen LogP contribution in [0.25, 0.3) is 0 Å². The molecule has 1 amide bonds. The van der Waals surface area contributed by atoms with E-state index < -0.39 is 11.7 Å². The first-order valence-corrected chi connectivity index (χ1v) is 10.4. The van der Waals surface area contributed by atoms with Crippen LogP contribution in [0.15, 0.2) is 60.7 Å². The van der Waals surface area contributed by atoms with Gasteiger partial charge < -0.3 is 0 Å². The van der Waals surface area contributed by atoms with Crippen LogP contribution in [0.3, 0.4) is 0 Å². The first-order chi connectivity index (χ1) is 12.4. The molecule has 2 aromatic carbocycles. The summed E-state index contributed by atoms with van der Waals surface area (Å²) in [5.74, 6) is 0. The molecule has 0 aliphatic rings. The number of benzene rings is 2. The molecular formula is C21H25NO3Se. The molecule has 5 heteroatoms. The van der Waals surface area contributed by atoms with E-state index in [0.29, 0.717) is 6.42 Å². The molecule has 138 valence electrons. The zero-order valence-corrected chi connectivity index (χ0v) is 17.1. The van der Waals surface area contributed by atoms with Crippen molar-refractivity contribution in [1.29, 1.82) is 0 Å². The molecular weight excluding hydrogens is 393 g/mol. The molecule has 2 rings (SSSR count). The van der Waals surface area contributed by atoms with Gasteiger partial charge in [0.15, 0.2) is 0 Å². The molecule has 2 aromatic rings. The van der Waals surface area contributed by atoms with Gasteiger partial charge in [-0.1, -0.05) is 0 Å². The van der Waals surface area contributed by atoms with Gasteiger partial charge in [-0.25, -0.2) is 0 Å². The Morgan fingerprint density at radius 1 is 1.08 bits per heavy atom. The fourth-order valence-electron chi connectivity index (χ4n) is 2.44. The molecule has 0 aliphatic carbocycles. The number of hydrogen-bond acceptors (Lipinski definition) is 3. The van der Waals surface area contributed by atoms with Gasteiger partial charge in [-0.3, -0.25) is 0 Å². The molecule has 0 saturated carbocycles. The second kappa shape index (κ2) is 9.56. The van der Waals surface area contributed by atoms with Crippen molar-refractivity contribution in [2.45, 2.75) is 43.7 Å². The zero-order chi connectivity index (χ0) is 19.0. The Hall–Kier alpha value is -2.10. The fourth-order valence-corrected chi connectivity index (χ4v) is 4.56. The fraction of sp³-hybridized carbons (Fsp3) is 0.333. The third kappa shape index (κ3) is 7.03. The molecule has 0 aromatic heterocycles. The van der Waals surface area contributed by atoms with Crippen molar-refractivity contribution in [2.75, 3.05) is 0 Å². The summed E-state index contributed by atoms with van der Waals surface area (Å²) < 4.78 is 6.52. The Kier molecular flexibility index (Phi) is 7.43. The molecule has 0 heterocycles. The van der Waals surface area contributed by atoms with Crippen molar-refractivity contribution in [3.8, 4) is 0 Å². The maximum absolute atomic E-state index is 12.3. The Morgan fingerprint density at radius 2 is 1.65 bits per heavy atom. The molecule has 0 spiro atoms. The van der Waals surface area contributed by atoms with E-state index in [9.17, 15) is 9.59 Å². The van der Waals surface area contributed by atoms with E-state index in [2.05, 4.69) is 5.32 Å². The molecule has 4 nitrogen and oxygen atoms in total. The van der Waals surface area contributed by atoms with Crippen LogP contribution >= 0.6 is 0 Å². The normalized spacial score (nSPS) is 13.5. The second-order valence-electron chi connectivity index (χ2n) is 6.97. The summed E-state index contributed by atoms with van der Waals surface area (Å²) >= 11 is -0.0858. The van der Waals surface area contributed by atoms with E-state index in [0.717, 1.165) is 16.3 Å². The molecule has 26 heavy (non-hydrogen) atoms. The molecule has 0 saturated heterocycles. The standard InChI is InChI=1S/C21H25NO3Se/c1-21(2,3)25-20(24)22-18(14-16-10-6-4-7-11-16)19(15-23)26-17-12-8-5-9-13-17/h4-13,15,18-19H,14H2,1-3H3,(H,22,24)/t18-,19-/m0/s1. The summed E-state index contributed by atoms with van der Waals surface area (Å²) in [5, 5.41) is 2.92. The van der Waals surface area contributed by atoms with Crippen molar-refractivity contribution in [3.63, 3.8) is 0 Å². The quantitative estimate of drug-likeness (QED) is 0.555. The van der Waals surface area contributed by atoms with Crippen LogP contribution in [-0.2, 0) is 16.0 Å². The van der Waals surface area contributed by atoms with Gasteiger partial charge in [0.25, 0.3) is 0 Å². The molecule has 0 fully saturated rings. The molecule has 0 radical (unpaired) electrons. The zero-order valence-electron chi connectivity index (χ0n) is 15.3. The van der Waals surface area contributed by atoms with Gasteiger partial charge >= 0.3 is 161 Å². The van der Waals surface area contributed by atoms with Crippen molar-refractivity contribution in [3.05, 3.63) is 66.2 Å². The Balaban J connectivity index is 2.16. The van der Waals surface area contributed by atoms with E-state index in [4.69, 9.17) is 4.74 Å². The predicted octanol–water partition coefficient (Wildman–Crippen LogP) is 3.14. The number of nitrogens with one attached hydrogen (secondary N) is 1. The van der Waals surface area contributed by atoms with E-state index in [1.54, 1.807) is 0 Å². The number of carbonyl (C=O) groups excluding carboxylic acids is 2. The summed E-state index contributed by atoms with van der Waals surface area (Å²) in [7, 11) is 0. The van der Waals surface area contributed by atoms with Crippen molar-refractivity contribution in [1.82, 2.24) is 5.32 Å². The monoisotopic (exact) mass is 419 g/mol. The predicted molar refractivity (Wildman–Crippen MR) is 105 cm³/mol. The summed E-state index contributed by atoms with van der Waals surface area (Å²) in [6, 6.07) is 19.5. The molecule has 0 aliphatic heterocycles. The number of carbonyl (C=O) groups is 2. The molecule has 2 atom stereocenters.